The van der Waals surface area contributed by atoms with Gasteiger partial charge in [0.25, 0.3) is 0 Å². The normalized spacial score (nSPS) is 26.6. The Bertz CT molecular complexity index is 469. The summed E-state index contributed by atoms with van der Waals surface area (Å²) in [7, 11) is -1.35. The number of aromatic nitrogens is 1. The van der Waals surface area contributed by atoms with Gasteiger partial charge in [-0.1, -0.05) is 7.43 Å². The van der Waals surface area contributed by atoms with E-state index >= 15 is 0 Å². The Morgan fingerprint density at radius 3 is 3.17 bits per heavy atom. The molecule has 0 spiro atoms. The number of halogens is 1. The molecule has 3 heterocycles. The van der Waals surface area contributed by atoms with Crippen LogP contribution in [-0.4, -0.2) is 28.3 Å². The summed E-state index contributed by atoms with van der Waals surface area (Å²) >= 11 is 0. The molecule has 0 aliphatic carbocycles. The van der Waals surface area contributed by atoms with Crippen molar-refractivity contribution in [1.82, 2.24) is 9.71 Å². The van der Waals surface area contributed by atoms with Crippen LogP contribution >= 0.6 is 0 Å². The fourth-order valence-corrected chi connectivity index (χ4v) is 3.56. The number of pyridine rings is 1. The molecule has 2 aliphatic rings. The van der Waals surface area contributed by atoms with Crippen molar-refractivity contribution in [3.05, 3.63) is 18.1 Å². The van der Waals surface area contributed by atoms with E-state index in [1.54, 1.807) is 0 Å². The number of rotatable bonds is 0. The van der Waals surface area contributed by atoms with Gasteiger partial charge >= 0.3 is 0 Å². The first-order chi connectivity index (χ1) is 8.25. The topological polar surface area (TPSA) is 45.2 Å². The molecule has 0 amide bonds. The lowest BCUT2D eigenvalue weighted by molar-refractivity contribution is 0.455. The summed E-state index contributed by atoms with van der Waals surface area (Å²) in [5.74, 6) is 0.244. The minimum Gasteiger partial charge on any atom is -0.351 e. The molecule has 0 radical (unpaired) electrons. The predicted octanol–water partition coefficient (Wildman–Crippen LogP) is 1.84. The van der Waals surface area contributed by atoms with E-state index in [4.69, 9.17) is 0 Å². The van der Waals surface area contributed by atoms with Gasteiger partial charge in [-0.2, -0.15) is 0 Å². The highest BCUT2D eigenvalue weighted by atomic mass is 32.2. The van der Waals surface area contributed by atoms with Gasteiger partial charge in [0, 0.05) is 19.1 Å². The zero-order chi connectivity index (χ0) is 11.8. The van der Waals surface area contributed by atoms with Gasteiger partial charge in [-0.15, -0.1) is 0 Å². The van der Waals surface area contributed by atoms with Gasteiger partial charge in [0.15, 0.2) is 0 Å². The molecule has 18 heavy (non-hydrogen) atoms. The lowest BCUT2D eigenvalue weighted by Gasteiger charge is -2.35. The molecule has 2 aliphatic heterocycles. The summed E-state index contributed by atoms with van der Waals surface area (Å²) in [6.07, 6.45) is 4.57. The number of fused-ring (bicyclic) bond motifs is 3. The van der Waals surface area contributed by atoms with Crippen LogP contribution in [-0.2, 0) is 11.0 Å². The van der Waals surface area contributed by atoms with Gasteiger partial charge in [0.2, 0.25) is 0 Å². The minimum atomic E-state index is -1.35. The Morgan fingerprint density at radius 1 is 1.50 bits per heavy atom. The Balaban J connectivity index is 0.00000120. The fourth-order valence-electron chi connectivity index (χ4n) is 2.51. The summed E-state index contributed by atoms with van der Waals surface area (Å²) in [5.41, 5.74) is 0. The summed E-state index contributed by atoms with van der Waals surface area (Å²) < 4.78 is 28.1. The van der Waals surface area contributed by atoms with Crippen molar-refractivity contribution in [2.75, 3.05) is 18.0 Å². The van der Waals surface area contributed by atoms with Crippen LogP contribution in [0, 0.1) is 5.82 Å². The van der Waals surface area contributed by atoms with E-state index in [1.165, 1.54) is 18.7 Å². The number of hydrogen-bond acceptors (Lipinski definition) is 3. The van der Waals surface area contributed by atoms with E-state index in [0.29, 0.717) is 23.3 Å². The first kappa shape index (κ1) is 13.4. The standard InChI is InChI=1S/C11H14FN3OS.CH4/c12-8-5-10-11(13-6-8)15-4-2-1-3-9(15)7-14-17(10)16;/h5-6,9,14H,1-4,7H2;1H4. The van der Waals surface area contributed by atoms with E-state index in [-0.39, 0.29) is 7.43 Å². The van der Waals surface area contributed by atoms with Crippen LogP contribution in [0.15, 0.2) is 17.2 Å². The third-order valence-corrected chi connectivity index (χ3v) is 4.48. The molecule has 1 saturated heterocycles. The first-order valence-electron chi connectivity index (χ1n) is 5.83. The Hall–Kier alpha value is -1.01. The average molecular weight is 271 g/mol. The highest BCUT2D eigenvalue weighted by Gasteiger charge is 2.30. The predicted molar refractivity (Wildman–Crippen MR) is 70.3 cm³/mol. The molecule has 1 fully saturated rings. The van der Waals surface area contributed by atoms with E-state index in [9.17, 15) is 8.60 Å². The van der Waals surface area contributed by atoms with E-state index in [0.717, 1.165) is 19.4 Å². The van der Waals surface area contributed by atoms with E-state index in [2.05, 4.69) is 14.6 Å². The molecular weight excluding hydrogens is 253 g/mol. The number of nitrogens with one attached hydrogen (secondary N) is 1. The van der Waals surface area contributed by atoms with E-state index in [1.807, 2.05) is 0 Å². The third kappa shape index (κ3) is 2.27. The van der Waals surface area contributed by atoms with Gasteiger partial charge < -0.3 is 4.90 Å². The summed E-state index contributed by atoms with van der Waals surface area (Å²) in [5, 5.41) is 0. The Morgan fingerprint density at radius 2 is 2.33 bits per heavy atom. The number of piperidine rings is 1. The van der Waals surface area contributed by atoms with Crippen LogP contribution < -0.4 is 9.62 Å². The SMILES string of the molecule is C.O=S1NCC2CCCCN2c2ncc(F)cc21. The van der Waals surface area contributed by atoms with Crippen LogP contribution in [0.4, 0.5) is 10.2 Å². The van der Waals surface area contributed by atoms with Gasteiger partial charge in [-0.3, -0.25) is 0 Å². The van der Waals surface area contributed by atoms with Gasteiger partial charge in [-0.25, -0.2) is 18.3 Å². The van der Waals surface area contributed by atoms with Crippen LogP contribution in [0.5, 0.6) is 0 Å². The van der Waals surface area contributed by atoms with Crippen LogP contribution in [0.3, 0.4) is 0 Å². The molecule has 1 aromatic heterocycles. The zero-order valence-corrected chi connectivity index (χ0v) is 10.2. The zero-order valence-electron chi connectivity index (χ0n) is 9.36. The highest BCUT2D eigenvalue weighted by Crippen LogP contribution is 2.30. The molecule has 100 valence electrons. The quantitative estimate of drug-likeness (QED) is 0.783. The van der Waals surface area contributed by atoms with Crippen LogP contribution in [0.25, 0.3) is 0 Å². The monoisotopic (exact) mass is 271 g/mol. The summed E-state index contributed by atoms with van der Waals surface area (Å²) in [4.78, 5) is 6.76. The molecule has 3 rings (SSSR count). The van der Waals surface area contributed by atoms with Crippen molar-refractivity contribution in [3.63, 3.8) is 0 Å². The molecule has 0 bridgehead atoms. The van der Waals surface area contributed by atoms with Crippen molar-refractivity contribution in [2.45, 2.75) is 37.6 Å². The molecule has 0 aromatic carbocycles. The maximum absolute atomic E-state index is 13.2. The number of anilines is 1. The van der Waals surface area contributed by atoms with Crippen molar-refractivity contribution in [2.24, 2.45) is 0 Å². The fraction of sp³-hybridized carbons (Fsp3) is 0.583. The van der Waals surface area contributed by atoms with Gasteiger partial charge in [0.1, 0.15) is 22.6 Å². The van der Waals surface area contributed by atoms with Crippen molar-refractivity contribution < 1.29 is 8.60 Å². The molecule has 2 unspecified atom stereocenters. The Kier molecular flexibility index (Phi) is 3.97. The molecule has 2 atom stereocenters. The van der Waals surface area contributed by atoms with Crippen LogP contribution in [0.1, 0.15) is 26.7 Å². The molecule has 4 nitrogen and oxygen atoms in total. The molecule has 6 heteroatoms. The Labute approximate surface area is 109 Å². The highest BCUT2D eigenvalue weighted by molar-refractivity contribution is 7.83. The van der Waals surface area contributed by atoms with E-state index < -0.39 is 16.8 Å². The molecule has 1 aromatic rings. The average Bonchev–Trinajstić information content (AvgIpc) is 2.48. The first-order valence-corrected chi connectivity index (χ1v) is 6.98. The van der Waals surface area contributed by atoms with Gasteiger partial charge in [-0.05, 0) is 25.3 Å². The lowest BCUT2D eigenvalue weighted by Crippen LogP contribution is -2.44. The molecule has 0 saturated carbocycles. The third-order valence-electron chi connectivity index (χ3n) is 3.35. The lowest BCUT2D eigenvalue weighted by atomic mass is 10.0. The molecule has 1 N–H and O–H groups in total. The van der Waals surface area contributed by atoms with Crippen molar-refractivity contribution in [1.29, 1.82) is 0 Å². The van der Waals surface area contributed by atoms with Gasteiger partial charge in [0.05, 0.1) is 11.1 Å². The number of hydrogen-bond donors (Lipinski definition) is 1. The second-order valence-corrected chi connectivity index (χ2v) is 5.70. The summed E-state index contributed by atoms with van der Waals surface area (Å²) in [6.45, 7) is 1.58. The number of nitrogens with zero attached hydrogens (tertiary/aromatic N) is 2. The second-order valence-electron chi connectivity index (χ2n) is 4.44. The van der Waals surface area contributed by atoms with Crippen LogP contribution in [0.2, 0.25) is 0 Å². The maximum Gasteiger partial charge on any atom is 0.146 e. The maximum atomic E-state index is 13.2. The summed E-state index contributed by atoms with van der Waals surface area (Å²) in [6, 6.07) is 1.65. The minimum absolute atomic E-state index is 0. The second kappa shape index (κ2) is 5.32. The largest absolute Gasteiger partial charge is 0.351 e. The van der Waals surface area contributed by atoms with Crippen molar-refractivity contribution >= 4 is 16.8 Å². The molecular formula is C12H18FN3OS. The smallest absolute Gasteiger partial charge is 0.146 e. The van der Waals surface area contributed by atoms with Crippen molar-refractivity contribution in [3.8, 4) is 0 Å².